The fourth-order valence-corrected chi connectivity index (χ4v) is 3.53. The van der Waals surface area contributed by atoms with Crippen molar-refractivity contribution in [2.75, 3.05) is 26.2 Å². The zero-order chi connectivity index (χ0) is 15.0. The van der Waals surface area contributed by atoms with Gasteiger partial charge in [0, 0.05) is 19.6 Å². The summed E-state index contributed by atoms with van der Waals surface area (Å²) in [4.78, 5) is 2.34. The van der Waals surface area contributed by atoms with E-state index in [0.717, 1.165) is 24.9 Å². The summed E-state index contributed by atoms with van der Waals surface area (Å²) in [5.74, 6) is 2.31. The molecule has 3 unspecified atom stereocenters. The first kappa shape index (κ1) is 14.4. The van der Waals surface area contributed by atoms with Gasteiger partial charge in [-0.2, -0.15) is 5.26 Å². The van der Waals surface area contributed by atoms with Gasteiger partial charge in [0.25, 0.3) is 0 Å². The maximum atomic E-state index is 10.1. The first-order chi connectivity index (χ1) is 10.0. The Bertz CT molecular complexity index is 533. The van der Waals surface area contributed by atoms with Gasteiger partial charge in [0.1, 0.15) is 18.5 Å². The average Bonchev–Trinajstić information content (AvgIpc) is 2.82. The van der Waals surface area contributed by atoms with E-state index in [4.69, 9.17) is 10.00 Å². The predicted molar refractivity (Wildman–Crippen MR) is 79.9 cm³/mol. The molecule has 1 saturated heterocycles. The zero-order valence-electron chi connectivity index (χ0n) is 12.6. The lowest BCUT2D eigenvalue weighted by atomic mass is 10.1. The number of nitriles is 1. The van der Waals surface area contributed by atoms with Crippen molar-refractivity contribution in [3.8, 4) is 11.8 Å². The van der Waals surface area contributed by atoms with Gasteiger partial charge < -0.3 is 14.7 Å². The highest BCUT2D eigenvalue weighted by Gasteiger charge is 2.61. The number of likely N-dealkylation sites (tertiary alicyclic amines) is 1. The number of β-amino-alcohol motifs (C(OH)–C–C–N with tert-alkyl or cyclic N) is 1. The highest BCUT2D eigenvalue weighted by atomic mass is 16.5. The fourth-order valence-electron chi connectivity index (χ4n) is 3.53. The first-order valence-corrected chi connectivity index (χ1v) is 7.54. The molecule has 4 nitrogen and oxygen atoms in total. The Morgan fingerprint density at radius 3 is 2.52 bits per heavy atom. The van der Waals surface area contributed by atoms with Crippen LogP contribution in [-0.2, 0) is 0 Å². The van der Waals surface area contributed by atoms with Crippen molar-refractivity contribution in [2.24, 2.45) is 17.3 Å². The van der Waals surface area contributed by atoms with Crippen LogP contribution in [-0.4, -0.2) is 42.4 Å². The minimum atomic E-state index is -0.471. The van der Waals surface area contributed by atoms with Crippen LogP contribution in [0.15, 0.2) is 24.3 Å². The molecular weight excluding hydrogens is 264 g/mol. The molecule has 21 heavy (non-hydrogen) atoms. The van der Waals surface area contributed by atoms with E-state index in [9.17, 15) is 5.11 Å². The van der Waals surface area contributed by atoms with E-state index < -0.39 is 6.10 Å². The van der Waals surface area contributed by atoms with Crippen LogP contribution in [0.4, 0.5) is 0 Å². The molecule has 3 rings (SSSR count). The van der Waals surface area contributed by atoms with Crippen molar-refractivity contribution in [3.63, 3.8) is 0 Å². The highest BCUT2D eigenvalue weighted by Crippen LogP contribution is 2.61. The van der Waals surface area contributed by atoms with Crippen molar-refractivity contribution in [1.29, 1.82) is 5.26 Å². The van der Waals surface area contributed by atoms with Gasteiger partial charge in [0.05, 0.1) is 11.6 Å². The Labute approximate surface area is 125 Å². The van der Waals surface area contributed by atoms with Gasteiger partial charge in [-0.15, -0.1) is 0 Å². The van der Waals surface area contributed by atoms with E-state index in [1.165, 1.54) is 0 Å². The minimum absolute atomic E-state index is 0.293. The molecule has 1 aromatic carbocycles. The third-order valence-electron chi connectivity index (χ3n) is 5.09. The number of aliphatic hydroxyl groups excluding tert-OH is 1. The van der Waals surface area contributed by atoms with Crippen molar-refractivity contribution < 1.29 is 9.84 Å². The van der Waals surface area contributed by atoms with Crippen molar-refractivity contribution in [1.82, 2.24) is 4.90 Å². The van der Waals surface area contributed by atoms with Crippen molar-refractivity contribution in [2.45, 2.75) is 20.0 Å². The molecule has 112 valence electrons. The minimum Gasteiger partial charge on any atom is -0.491 e. The summed E-state index contributed by atoms with van der Waals surface area (Å²) in [5, 5.41) is 18.8. The quantitative estimate of drug-likeness (QED) is 0.898. The van der Waals surface area contributed by atoms with Gasteiger partial charge in [-0.3, -0.25) is 0 Å². The molecule has 0 amide bonds. The molecule has 1 heterocycles. The number of nitrogens with zero attached hydrogens (tertiary/aromatic N) is 2. The summed E-state index contributed by atoms with van der Waals surface area (Å²) in [6.45, 7) is 7.85. The van der Waals surface area contributed by atoms with E-state index in [1.54, 1.807) is 24.3 Å². The summed E-state index contributed by atoms with van der Waals surface area (Å²) in [6, 6.07) is 9.04. The van der Waals surface area contributed by atoms with Gasteiger partial charge in [-0.25, -0.2) is 0 Å². The fraction of sp³-hybridized carbons (Fsp3) is 0.588. The second kappa shape index (κ2) is 5.32. The first-order valence-electron chi connectivity index (χ1n) is 7.54. The Hall–Kier alpha value is -1.57. The van der Waals surface area contributed by atoms with Crippen LogP contribution in [0.2, 0.25) is 0 Å². The summed E-state index contributed by atoms with van der Waals surface area (Å²) >= 11 is 0. The molecule has 0 aromatic heterocycles. The number of ether oxygens (including phenoxy) is 1. The largest absolute Gasteiger partial charge is 0.491 e. The SMILES string of the molecule is CC1(C)C2CN(CC(O)COc3ccc(C#N)cc3)CC21. The van der Waals surface area contributed by atoms with Gasteiger partial charge in [-0.05, 0) is 41.5 Å². The van der Waals surface area contributed by atoms with Crippen LogP contribution >= 0.6 is 0 Å². The van der Waals surface area contributed by atoms with Crippen LogP contribution in [0.1, 0.15) is 19.4 Å². The number of fused-ring (bicyclic) bond motifs is 1. The van der Waals surface area contributed by atoms with Gasteiger partial charge in [0.2, 0.25) is 0 Å². The van der Waals surface area contributed by atoms with Crippen molar-refractivity contribution in [3.05, 3.63) is 29.8 Å². The number of hydrogen-bond acceptors (Lipinski definition) is 4. The number of aliphatic hydroxyl groups is 1. The zero-order valence-corrected chi connectivity index (χ0v) is 12.6. The summed E-state index contributed by atoms with van der Waals surface area (Å²) in [6.07, 6.45) is -0.471. The predicted octanol–water partition coefficient (Wildman–Crippen LogP) is 1.89. The van der Waals surface area contributed by atoms with E-state index >= 15 is 0 Å². The summed E-state index contributed by atoms with van der Waals surface area (Å²) < 4.78 is 5.57. The molecular formula is C17H22N2O2. The Morgan fingerprint density at radius 1 is 1.33 bits per heavy atom. The molecule has 0 radical (unpaired) electrons. The molecule has 1 aliphatic heterocycles. The third-order valence-corrected chi connectivity index (χ3v) is 5.09. The van der Waals surface area contributed by atoms with Crippen LogP contribution in [0.3, 0.4) is 0 Å². The number of benzene rings is 1. The monoisotopic (exact) mass is 286 g/mol. The molecule has 1 aromatic rings. The van der Waals surface area contributed by atoms with E-state index in [-0.39, 0.29) is 0 Å². The molecule has 1 aliphatic carbocycles. The lowest BCUT2D eigenvalue weighted by Crippen LogP contribution is -2.36. The standard InChI is InChI=1S/C17H22N2O2/c1-17(2)15-9-19(10-16(15)17)8-13(20)11-21-14-5-3-12(7-18)4-6-14/h3-6,13,15-16,20H,8-11H2,1-2H3. The number of rotatable bonds is 5. The molecule has 4 heteroatoms. The topological polar surface area (TPSA) is 56.5 Å². The summed E-state index contributed by atoms with van der Waals surface area (Å²) in [5.41, 5.74) is 1.13. The van der Waals surface area contributed by atoms with E-state index in [0.29, 0.717) is 29.9 Å². The maximum absolute atomic E-state index is 10.1. The Morgan fingerprint density at radius 2 is 1.95 bits per heavy atom. The van der Waals surface area contributed by atoms with Crippen LogP contribution in [0, 0.1) is 28.6 Å². The van der Waals surface area contributed by atoms with E-state index in [1.807, 2.05) is 0 Å². The third kappa shape index (κ3) is 2.90. The summed E-state index contributed by atoms with van der Waals surface area (Å²) in [7, 11) is 0. The molecule has 2 fully saturated rings. The maximum Gasteiger partial charge on any atom is 0.119 e. The van der Waals surface area contributed by atoms with Gasteiger partial charge in [-0.1, -0.05) is 13.8 Å². The Balaban J connectivity index is 1.41. The number of hydrogen-bond donors (Lipinski definition) is 1. The second-order valence-corrected chi connectivity index (χ2v) is 6.85. The van der Waals surface area contributed by atoms with Crippen LogP contribution in [0.25, 0.3) is 0 Å². The van der Waals surface area contributed by atoms with E-state index in [2.05, 4.69) is 24.8 Å². The van der Waals surface area contributed by atoms with Gasteiger partial charge in [0.15, 0.2) is 0 Å². The highest BCUT2D eigenvalue weighted by molar-refractivity contribution is 5.34. The second-order valence-electron chi connectivity index (χ2n) is 6.85. The smallest absolute Gasteiger partial charge is 0.119 e. The molecule has 2 aliphatic rings. The lowest BCUT2D eigenvalue weighted by molar-refractivity contribution is 0.0686. The molecule has 0 bridgehead atoms. The number of piperidine rings is 1. The van der Waals surface area contributed by atoms with Crippen molar-refractivity contribution >= 4 is 0 Å². The molecule has 1 saturated carbocycles. The molecule has 3 atom stereocenters. The lowest BCUT2D eigenvalue weighted by Gasteiger charge is -2.24. The average molecular weight is 286 g/mol. The molecule has 1 N–H and O–H groups in total. The van der Waals surface area contributed by atoms with Crippen LogP contribution in [0.5, 0.6) is 5.75 Å². The normalized spacial score (nSPS) is 27.7. The van der Waals surface area contributed by atoms with Crippen LogP contribution < -0.4 is 4.74 Å². The Kier molecular flexibility index (Phi) is 3.64. The van der Waals surface area contributed by atoms with Gasteiger partial charge >= 0.3 is 0 Å². The molecule has 0 spiro atoms.